The van der Waals surface area contributed by atoms with Gasteiger partial charge in [-0.25, -0.2) is 9.97 Å². The SMILES string of the molecule is C#Cc1nc2ccc(N3CCOCC3)nc2n1-c1ccc(OC(F)(F)F)c(Cl)c1. The molecule has 2 aromatic heterocycles. The summed E-state index contributed by atoms with van der Waals surface area (Å²) in [5, 5.41) is -0.214. The fraction of sp³-hybridized carbons (Fsp3) is 0.263. The molecular formula is C19H14ClF3N4O2. The molecule has 29 heavy (non-hydrogen) atoms. The first-order valence-corrected chi connectivity index (χ1v) is 8.98. The van der Waals surface area contributed by atoms with Crippen molar-refractivity contribution >= 4 is 28.6 Å². The topological polar surface area (TPSA) is 52.4 Å². The lowest BCUT2D eigenvalue weighted by Crippen LogP contribution is -2.36. The molecule has 0 unspecified atom stereocenters. The van der Waals surface area contributed by atoms with Crippen molar-refractivity contribution in [2.45, 2.75) is 6.36 Å². The van der Waals surface area contributed by atoms with Gasteiger partial charge in [0.1, 0.15) is 17.1 Å². The van der Waals surface area contributed by atoms with Crippen molar-refractivity contribution in [1.82, 2.24) is 14.5 Å². The first kappa shape index (κ1) is 19.4. The Morgan fingerprint density at radius 2 is 1.90 bits per heavy atom. The lowest BCUT2D eigenvalue weighted by molar-refractivity contribution is -0.274. The maximum Gasteiger partial charge on any atom is 0.573 e. The summed E-state index contributed by atoms with van der Waals surface area (Å²) in [7, 11) is 0. The van der Waals surface area contributed by atoms with Crippen LogP contribution in [0.15, 0.2) is 30.3 Å². The van der Waals surface area contributed by atoms with E-state index in [0.29, 0.717) is 43.2 Å². The van der Waals surface area contributed by atoms with E-state index in [9.17, 15) is 13.2 Å². The lowest BCUT2D eigenvalue weighted by atomic mass is 10.3. The predicted molar refractivity (Wildman–Crippen MR) is 102 cm³/mol. The Morgan fingerprint density at radius 1 is 1.14 bits per heavy atom. The first-order chi connectivity index (χ1) is 13.9. The maximum absolute atomic E-state index is 12.5. The maximum atomic E-state index is 12.5. The minimum atomic E-state index is -4.84. The average molecular weight is 423 g/mol. The van der Waals surface area contributed by atoms with Crippen molar-refractivity contribution < 1.29 is 22.6 Å². The molecule has 1 aliphatic rings. The van der Waals surface area contributed by atoms with Gasteiger partial charge in [0.25, 0.3) is 0 Å². The number of terminal acetylenes is 1. The second kappa shape index (κ2) is 7.46. The number of benzene rings is 1. The van der Waals surface area contributed by atoms with Crippen LogP contribution in [-0.4, -0.2) is 47.2 Å². The van der Waals surface area contributed by atoms with E-state index < -0.39 is 12.1 Å². The number of nitrogens with zero attached hydrogens (tertiary/aromatic N) is 4. The highest BCUT2D eigenvalue weighted by atomic mass is 35.5. The highest BCUT2D eigenvalue weighted by Crippen LogP contribution is 2.33. The van der Waals surface area contributed by atoms with Gasteiger partial charge in [-0.05, 0) is 36.3 Å². The van der Waals surface area contributed by atoms with Gasteiger partial charge >= 0.3 is 6.36 Å². The number of halogens is 4. The molecule has 0 N–H and O–H groups in total. The molecule has 3 heterocycles. The Labute approximate surface area is 168 Å². The van der Waals surface area contributed by atoms with Crippen molar-refractivity contribution in [3.05, 3.63) is 41.2 Å². The molecule has 0 amide bonds. The standard InChI is InChI=1S/C19H14ClF3N4O2/c1-2-16-24-14-4-6-17(26-7-9-28-10-8-26)25-18(14)27(16)12-3-5-15(13(20)11-12)29-19(21,22)23/h1,3-6,11H,7-10H2. The van der Waals surface area contributed by atoms with E-state index in [-0.39, 0.29) is 10.8 Å². The molecule has 0 bridgehead atoms. The van der Waals surface area contributed by atoms with Crippen molar-refractivity contribution in [2.75, 3.05) is 31.2 Å². The van der Waals surface area contributed by atoms with Gasteiger partial charge in [-0.1, -0.05) is 11.6 Å². The van der Waals surface area contributed by atoms with Gasteiger partial charge in [0.2, 0.25) is 0 Å². The molecule has 10 heteroatoms. The van der Waals surface area contributed by atoms with Gasteiger partial charge in [-0.2, -0.15) is 0 Å². The highest BCUT2D eigenvalue weighted by Gasteiger charge is 2.32. The van der Waals surface area contributed by atoms with E-state index in [2.05, 4.69) is 25.5 Å². The molecule has 0 radical (unpaired) electrons. The molecule has 150 valence electrons. The number of rotatable bonds is 3. The highest BCUT2D eigenvalue weighted by molar-refractivity contribution is 6.32. The number of alkyl halides is 3. The largest absolute Gasteiger partial charge is 0.573 e. The van der Waals surface area contributed by atoms with Crippen molar-refractivity contribution in [3.63, 3.8) is 0 Å². The van der Waals surface area contributed by atoms with Gasteiger partial charge in [0.15, 0.2) is 11.5 Å². The number of hydrogen-bond donors (Lipinski definition) is 0. The van der Waals surface area contributed by atoms with Crippen LogP contribution in [0.3, 0.4) is 0 Å². The molecule has 1 saturated heterocycles. The van der Waals surface area contributed by atoms with Gasteiger partial charge in [-0.15, -0.1) is 19.6 Å². The molecule has 1 aromatic carbocycles. The molecule has 0 saturated carbocycles. The molecule has 1 fully saturated rings. The number of ether oxygens (including phenoxy) is 2. The summed E-state index contributed by atoms with van der Waals surface area (Å²) in [6.07, 6.45) is 0.748. The molecule has 4 rings (SSSR count). The summed E-state index contributed by atoms with van der Waals surface area (Å²) < 4.78 is 48.3. The summed E-state index contributed by atoms with van der Waals surface area (Å²) in [6.45, 7) is 2.60. The van der Waals surface area contributed by atoms with E-state index in [1.165, 1.54) is 12.1 Å². The van der Waals surface area contributed by atoms with Gasteiger partial charge in [0, 0.05) is 13.1 Å². The molecule has 6 nitrogen and oxygen atoms in total. The van der Waals surface area contributed by atoms with E-state index in [0.717, 1.165) is 11.9 Å². The number of morpholine rings is 1. The summed E-state index contributed by atoms with van der Waals surface area (Å²) in [5.74, 6) is 2.96. The van der Waals surface area contributed by atoms with Crippen molar-refractivity contribution in [2.24, 2.45) is 0 Å². The van der Waals surface area contributed by atoms with Crippen LogP contribution in [0.5, 0.6) is 5.75 Å². The Bertz CT molecular complexity index is 1100. The summed E-state index contributed by atoms with van der Waals surface area (Å²) >= 11 is 6.00. The minimum absolute atomic E-state index is 0.214. The van der Waals surface area contributed by atoms with Crippen LogP contribution in [0, 0.1) is 12.3 Å². The molecule has 1 aliphatic heterocycles. The lowest BCUT2D eigenvalue weighted by Gasteiger charge is -2.27. The van der Waals surface area contributed by atoms with Crippen LogP contribution in [0.25, 0.3) is 16.9 Å². The Kier molecular flexibility index (Phi) is 4.98. The zero-order valence-electron chi connectivity index (χ0n) is 14.9. The zero-order valence-corrected chi connectivity index (χ0v) is 15.7. The first-order valence-electron chi connectivity index (χ1n) is 8.60. The zero-order chi connectivity index (χ0) is 20.6. The molecular weight excluding hydrogens is 409 g/mol. The fourth-order valence-corrected chi connectivity index (χ4v) is 3.31. The smallest absolute Gasteiger partial charge is 0.404 e. The van der Waals surface area contributed by atoms with Gasteiger partial charge in [0.05, 0.1) is 23.9 Å². The molecule has 0 aliphatic carbocycles. The normalized spacial score (nSPS) is 14.8. The molecule has 3 aromatic rings. The summed E-state index contributed by atoms with van der Waals surface area (Å²) in [6, 6.07) is 7.51. The van der Waals surface area contributed by atoms with Crippen LogP contribution in [0.4, 0.5) is 19.0 Å². The third-order valence-corrected chi connectivity index (χ3v) is 4.65. The van der Waals surface area contributed by atoms with Gasteiger partial charge in [-0.3, -0.25) is 4.57 Å². The van der Waals surface area contributed by atoms with Crippen LogP contribution >= 0.6 is 11.6 Å². The van der Waals surface area contributed by atoms with Gasteiger partial charge < -0.3 is 14.4 Å². The van der Waals surface area contributed by atoms with Crippen LogP contribution in [0.1, 0.15) is 5.82 Å². The Balaban J connectivity index is 1.79. The monoisotopic (exact) mass is 422 g/mol. The number of imidazole rings is 1. The van der Waals surface area contributed by atoms with Crippen LogP contribution < -0.4 is 9.64 Å². The van der Waals surface area contributed by atoms with Crippen molar-refractivity contribution in [1.29, 1.82) is 0 Å². The van der Waals surface area contributed by atoms with E-state index in [4.69, 9.17) is 22.8 Å². The minimum Gasteiger partial charge on any atom is -0.404 e. The third kappa shape index (κ3) is 3.95. The molecule has 0 atom stereocenters. The second-order valence-electron chi connectivity index (χ2n) is 6.19. The number of anilines is 1. The predicted octanol–water partition coefficient (Wildman–Crippen LogP) is 3.79. The fourth-order valence-electron chi connectivity index (χ4n) is 3.09. The summed E-state index contributed by atoms with van der Waals surface area (Å²) in [5.41, 5.74) is 1.45. The quantitative estimate of drug-likeness (QED) is 0.601. The van der Waals surface area contributed by atoms with E-state index in [1.54, 1.807) is 10.6 Å². The van der Waals surface area contributed by atoms with E-state index in [1.807, 2.05) is 6.07 Å². The Morgan fingerprint density at radius 3 is 2.55 bits per heavy atom. The van der Waals surface area contributed by atoms with Crippen molar-refractivity contribution in [3.8, 4) is 23.8 Å². The summed E-state index contributed by atoms with van der Waals surface area (Å²) in [4.78, 5) is 11.1. The Hall–Kier alpha value is -2.96. The number of fused-ring (bicyclic) bond motifs is 1. The average Bonchev–Trinajstić information content (AvgIpc) is 3.07. The third-order valence-electron chi connectivity index (χ3n) is 4.35. The molecule has 0 spiro atoms. The number of hydrogen-bond acceptors (Lipinski definition) is 5. The second-order valence-corrected chi connectivity index (χ2v) is 6.60. The van der Waals surface area contributed by atoms with Crippen LogP contribution in [-0.2, 0) is 4.74 Å². The number of aromatic nitrogens is 3. The van der Waals surface area contributed by atoms with E-state index >= 15 is 0 Å². The number of pyridine rings is 1. The van der Waals surface area contributed by atoms with Crippen LogP contribution in [0.2, 0.25) is 5.02 Å².